The fraction of sp³-hybridized carbons (Fsp3) is 0.745. The van der Waals surface area contributed by atoms with E-state index in [4.69, 9.17) is 14.2 Å². The summed E-state index contributed by atoms with van der Waals surface area (Å²) in [4.78, 5) is 37.1. The second kappa shape index (κ2) is 41.8. The fourth-order valence-electron chi connectivity index (χ4n) is 6.77. The zero-order valence-corrected chi connectivity index (χ0v) is 38.7. The third kappa shape index (κ3) is 40.2. The van der Waals surface area contributed by atoms with E-state index in [0.717, 1.165) is 83.5 Å². The molecule has 8 nitrogen and oxygen atoms in total. The van der Waals surface area contributed by atoms with Gasteiger partial charge in [0.25, 0.3) is 0 Å². The number of carbonyl (C=O) groups excluding carboxylic acids is 2. The van der Waals surface area contributed by atoms with Crippen molar-refractivity contribution in [2.45, 2.75) is 206 Å². The molecule has 0 aliphatic rings. The molecule has 0 aromatic heterocycles. The van der Waals surface area contributed by atoms with Crippen LogP contribution in [0.1, 0.15) is 194 Å². The lowest BCUT2D eigenvalue weighted by Crippen LogP contribution is -2.50. The van der Waals surface area contributed by atoms with E-state index in [0.29, 0.717) is 19.3 Å². The van der Waals surface area contributed by atoms with Crippen LogP contribution in [0.15, 0.2) is 60.8 Å². The van der Waals surface area contributed by atoms with Gasteiger partial charge in [-0.05, 0) is 57.8 Å². The van der Waals surface area contributed by atoms with Crippen molar-refractivity contribution in [3.05, 3.63) is 60.8 Å². The average molecular weight is 829 g/mol. The lowest BCUT2D eigenvalue weighted by Gasteiger charge is -2.31. The summed E-state index contributed by atoms with van der Waals surface area (Å²) in [6, 6.07) is -0.619. The molecule has 0 radical (unpaired) electrons. The molecule has 59 heavy (non-hydrogen) atoms. The zero-order valence-electron chi connectivity index (χ0n) is 38.7. The Morgan fingerprint density at radius 3 is 1.41 bits per heavy atom. The fourth-order valence-corrected chi connectivity index (χ4v) is 6.77. The summed E-state index contributed by atoms with van der Waals surface area (Å²) in [7, 11) is 5.52. The number of aliphatic carboxylic acids is 1. The molecule has 0 spiro atoms. The second-order valence-corrected chi connectivity index (χ2v) is 17.0. The number of rotatable bonds is 42. The van der Waals surface area contributed by atoms with Gasteiger partial charge in [-0.2, -0.15) is 0 Å². The van der Waals surface area contributed by atoms with E-state index in [-0.39, 0.29) is 36.2 Å². The number of carbonyl (C=O) groups is 3. The standard InChI is InChI=1S/C51H89NO7/c1-6-8-10-12-14-16-18-20-22-23-24-25-26-28-29-31-33-35-37-39-41-49(53)58-46-47(45-57-44-43-48(51(55)56)52(3,4)5)59-50(54)42-40-38-36-34-32-30-27-21-19-17-15-13-11-9-7-2/h8,10,14,16,20,22,24-25,28-29,47-48H,6-7,9,11-13,15,17-19,21,23,26-27,30-46H2,1-5H3/p+1/b10-8+,16-14+,22-20+,25-24+,29-28+. The highest BCUT2D eigenvalue weighted by Crippen LogP contribution is 2.15. The van der Waals surface area contributed by atoms with Crippen LogP contribution in [0.3, 0.4) is 0 Å². The van der Waals surface area contributed by atoms with Gasteiger partial charge in [-0.25, -0.2) is 4.79 Å². The van der Waals surface area contributed by atoms with Crippen molar-refractivity contribution in [2.75, 3.05) is 41.0 Å². The lowest BCUT2D eigenvalue weighted by atomic mass is 10.0. The first kappa shape index (κ1) is 56.0. The van der Waals surface area contributed by atoms with Crippen molar-refractivity contribution in [1.82, 2.24) is 0 Å². The Morgan fingerprint density at radius 2 is 0.949 bits per heavy atom. The van der Waals surface area contributed by atoms with Gasteiger partial charge >= 0.3 is 17.9 Å². The molecule has 340 valence electrons. The Labute approximate surface area is 362 Å². The molecule has 0 aliphatic carbocycles. The highest BCUT2D eigenvalue weighted by molar-refractivity contribution is 5.72. The summed E-state index contributed by atoms with van der Waals surface area (Å²) in [5, 5.41) is 9.63. The Hall–Kier alpha value is -2.97. The molecule has 1 N–H and O–H groups in total. The van der Waals surface area contributed by atoms with E-state index >= 15 is 0 Å². The van der Waals surface area contributed by atoms with Crippen molar-refractivity contribution in [3.8, 4) is 0 Å². The number of quaternary nitrogens is 1. The van der Waals surface area contributed by atoms with Gasteiger partial charge < -0.3 is 23.8 Å². The molecular weight excluding hydrogens is 739 g/mol. The van der Waals surface area contributed by atoms with Gasteiger partial charge in [0, 0.05) is 19.3 Å². The van der Waals surface area contributed by atoms with Crippen LogP contribution < -0.4 is 0 Å². The number of unbranched alkanes of at least 4 members (excludes halogenated alkanes) is 18. The predicted molar refractivity (Wildman–Crippen MR) is 247 cm³/mol. The maximum atomic E-state index is 12.7. The number of hydrogen-bond acceptors (Lipinski definition) is 6. The molecule has 2 atom stereocenters. The SMILES string of the molecule is CC/C=C/C/C=C/C/C=C/C/C=C/C/C=C/CCCCCCC(=O)OCC(COCCC(C(=O)O)[N+](C)(C)C)OC(=O)CCCCCCCCCCCCCCCCC. The Morgan fingerprint density at radius 1 is 0.525 bits per heavy atom. The number of carboxylic acids is 1. The summed E-state index contributed by atoms with van der Waals surface area (Å²) in [6.45, 7) is 4.61. The number of allylic oxidation sites excluding steroid dienone is 10. The summed E-state index contributed by atoms with van der Waals surface area (Å²) in [5.41, 5.74) is 0. The zero-order chi connectivity index (χ0) is 43.5. The highest BCUT2D eigenvalue weighted by atomic mass is 16.6. The molecule has 0 fully saturated rings. The first-order chi connectivity index (χ1) is 28.6. The molecule has 0 aromatic rings. The Kier molecular flexibility index (Phi) is 39.6. The van der Waals surface area contributed by atoms with E-state index < -0.39 is 18.1 Å². The largest absolute Gasteiger partial charge is 0.477 e. The minimum Gasteiger partial charge on any atom is -0.477 e. The first-order valence-electron chi connectivity index (χ1n) is 23.8. The Balaban J connectivity index is 4.34. The van der Waals surface area contributed by atoms with E-state index in [2.05, 4.69) is 74.6 Å². The van der Waals surface area contributed by atoms with Gasteiger partial charge in [0.15, 0.2) is 12.1 Å². The second-order valence-electron chi connectivity index (χ2n) is 17.0. The summed E-state index contributed by atoms with van der Waals surface area (Å²) in [5.74, 6) is -1.50. The van der Waals surface area contributed by atoms with Crippen molar-refractivity contribution >= 4 is 17.9 Å². The molecule has 0 rings (SSSR count). The minimum atomic E-state index is -0.879. The van der Waals surface area contributed by atoms with Crippen molar-refractivity contribution in [2.24, 2.45) is 0 Å². The monoisotopic (exact) mass is 829 g/mol. The number of carboxylic acid groups (broad SMARTS) is 1. The van der Waals surface area contributed by atoms with Gasteiger partial charge in [0.05, 0.1) is 34.4 Å². The molecule has 0 aromatic carbocycles. The Bertz CT molecular complexity index is 1150. The first-order valence-corrected chi connectivity index (χ1v) is 23.8. The van der Waals surface area contributed by atoms with E-state index in [1.165, 1.54) is 77.0 Å². The molecule has 0 heterocycles. The van der Waals surface area contributed by atoms with Gasteiger partial charge in [0.1, 0.15) is 6.61 Å². The van der Waals surface area contributed by atoms with Crippen LogP contribution in [0.5, 0.6) is 0 Å². The van der Waals surface area contributed by atoms with Crippen molar-refractivity contribution < 1.29 is 38.2 Å². The van der Waals surface area contributed by atoms with Crippen molar-refractivity contribution in [1.29, 1.82) is 0 Å². The summed E-state index contributed by atoms with van der Waals surface area (Å²) >= 11 is 0. The number of hydrogen-bond donors (Lipinski definition) is 1. The molecule has 0 aliphatic heterocycles. The quantitative estimate of drug-likeness (QED) is 0.0283. The topological polar surface area (TPSA) is 99.1 Å². The molecule has 0 bridgehead atoms. The van der Waals surface area contributed by atoms with Gasteiger partial charge in [0.2, 0.25) is 0 Å². The molecule has 8 heteroatoms. The van der Waals surface area contributed by atoms with Crippen LogP contribution in [0.4, 0.5) is 0 Å². The average Bonchev–Trinajstić information content (AvgIpc) is 3.19. The van der Waals surface area contributed by atoms with Crippen molar-refractivity contribution in [3.63, 3.8) is 0 Å². The van der Waals surface area contributed by atoms with E-state index in [9.17, 15) is 19.5 Å². The third-order valence-corrected chi connectivity index (χ3v) is 10.4. The smallest absolute Gasteiger partial charge is 0.362 e. The summed E-state index contributed by atoms with van der Waals surface area (Å²) in [6.07, 6.45) is 51.2. The normalized spacial score (nSPS) is 13.4. The van der Waals surface area contributed by atoms with Crippen LogP contribution in [0, 0.1) is 0 Å². The van der Waals surface area contributed by atoms with Gasteiger partial charge in [-0.1, -0.05) is 177 Å². The molecule has 0 saturated carbocycles. The van der Waals surface area contributed by atoms with Crippen LogP contribution in [-0.4, -0.2) is 80.6 Å². The maximum Gasteiger partial charge on any atom is 0.362 e. The molecule has 2 unspecified atom stereocenters. The maximum absolute atomic E-state index is 12.7. The molecule has 0 saturated heterocycles. The number of ether oxygens (including phenoxy) is 3. The van der Waals surface area contributed by atoms with Gasteiger partial charge in [-0.15, -0.1) is 0 Å². The third-order valence-electron chi connectivity index (χ3n) is 10.4. The van der Waals surface area contributed by atoms with Crippen LogP contribution in [0.25, 0.3) is 0 Å². The van der Waals surface area contributed by atoms with Crippen LogP contribution >= 0.6 is 0 Å². The number of nitrogens with zero attached hydrogens (tertiary/aromatic N) is 1. The molecule has 0 amide bonds. The summed E-state index contributed by atoms with van der Waals surface area (Å²) < 4.78 is 17.3. The number of likely N-dealkylation sites (N-methyl/N-ethyl adjacent to an activating group) is 1. The number of esters is 2. The van der Waals surface area contributed by atoms with E-state index in [1.54, 1.807) is 0 Å². The lowest BCUT2D eigenvalue weighted by molar-refractivity contribution is -0.887. The molecular formula is C51H90NO7+. The van der Waals surface area contributed by atoms with Crippen LogP contribution in [-0.2, 0) is 28.6 Å². The predicted octanol–water partition coefficient (Wildman–Crippen LogP) is 13.4. The van der Waals surface area contributed by atoms with Crippen LogP contribution in [0.2, 0.25) is 0 Å². The highest BCUT2D eigenvalue weighted by Gasteiger charge is 2.31. The van der Waals surface area contributed by atoms with Gasteiger partial charge in [-0.3, -0.25) is 9.59 Å². The minimum absolute atomic E-state index is 0.0527. The van der Waals surface area contributed by atoms with E-state index in [1.807, 2.05) is 21.1 Å².